The number of carbonyl (C=O) groups excluding carboxylic acids is 1. The summed E-state index contributed by atoms with van der Waals surface area (Å²) in [4.78, 5) is 30.6. The molecule has 0 atom stereocenters. The fraction of sp³-hybridized carbons (Fsp3) is 0.500. The molecule has 4 heterocycles. The summed E-state index contributed by atoms with van der Waals surface area (Å²) in [6, 6.07) is 6.41. The maximum Gasteiger partial charge on any atom is 0.410 e. The maximum absolute atomic E-state index is 12.6. The van der Waals surface area contributed by atoms with Gasteiger partial charge >= 0.3 is 6.09 Å². The van der Waals surface area contributed by atoms with Gasteiger partial charge in [-0.05, 0) is 45.6 Å². The highest BCUT2D eigenvalue weighted by atomic mass is 32.2. The Morgan fingerprint density at radius 3 is 2.54 bits per heavy atom. The normalized spacial score (nSPS) is 14.1. The molecule has 0 aliphatic carbocycles. The van der Waals surface area contributed by atoms with Gasteiger partial charge in [-0.15, -0.1) is 0 Å². The van der Waals surface area contributed by atoms with Crippen LogP contribution in [0.3, 0.4) is 0 Å². The van der Waals surface area contributed by atoms with Crippen molar-refractivity contribution in [3.05, 3.63) is 35.3 Å². The molecule has 1 aliphatic heterocycles. The summed E-state index contributed by atoms with van der Waals surface area (Å²) in [7, 11) is 2.00. The average Bonchev–Trinajstić information content (AvgIpc) is 3.24. The number of pyridine rings is 1. The largest absolute Gasteiger partial charge is 0.444 e. The van der Waals surface area contributed by atoms with Gasteiger partial charge in [0.2, 0.25) is 0 Å². The number of hydrogen-bond acceptors (Lipinski definition) is 9. The lowest BCUT2D eigenvalue weighted by atomic mass is 10.1. The lowest BCUT2D eigenvalue weighted by Crippen LogP contribution is -2.50. The third kappa shape index (κ3) is 5.91. The number of anilines is 2. The molecule has 1 amide bonds. The second kappa shape index (κ2) is 10.8. The summed E-state index contributed by atoms with van der Waals surface area (Å²) in [6.45, 7) is 10.5. The summed E-state index contributed by atoms with van der Waals surface area (Å²) < 4.78 is 7.61. The SMILES string of the molecule is CCc1nc(SC)nc(NCc2nc3ccn(C)c3cc2N2CCN(C(=O)OC(C)(C)C)CC2)c1C#N. The number of nitrogens with one attached hydrogen (secondary N) is 1. The van der Waals surface area contributed by atoms with Crippen LogP contribution in [0.1, 0.15) is 44.6 Å². The first-order valence-electron chi connectivity index (χ1n) is 12.4. The minimum atomic E-state index is -0.522. The number of thioether (sulfide) groups is 1. The maximum atomic E-state index is 12.6. The zero-order valence-electron chi connectivity index (χ0n) is 22.3. The molecule has 4 rings (SSSR count). The molecule has 1 aliphatic rings. The van der Waals surface area contributed by atoms with Gasteiger partial charge in [-0.25, -0.2) is 19.7 Å². The van der Waals surface area contributed by atoms with E-state index >= 15 is 0 Å². The quantitative estimate of drug-likeness (QED) is 0.376. The third-order valence-corrected chi connectivity index (χ3v) is 6.76. The van der Waals surface area contributed by atoms with Crippen molar-refractivity contribution in [2.45, 2.75) is 51.4 Å². The fourth-order valence-corrected chi connectivity index (χ4v) is 4.70. The molecule has 196 valence electrons. The molecule has 0 radical (unpaired) electrons. The number of carbonyl (C=O) groups is 1. The number of rotatable bonds is 6. The van der Waals surface area contributed by atoms with Gasteiger partial charge in [-0.1, -0.05) is 18.7 Å². The van der Waals surface area contributed by atoms with Crippen LogP contribution in [0.15, 0.2) is 23.5 Å². The standard InChI is InChI=1S/C26H34N8O2S/c1-7-18-17(15-27)23(31-24(30-18)37-6)28-16-20-22(14-21-19(29-20)8-9-32(21)5)33-10-12-34(13-11-33)25(35)36-26(2,3)4/h8-9,14H,7,10-13,16H2,1-6H3,(H,28,30,31). The van der Waals surface area contributed by atoms with Crippen molar-refractivity contribution < 1.29 is 9.53 Å². The molecule has 10 nitrogen and oxygen atoms in total. The van der Waals surface area contributed by atoms with Crippen molar-refractivity contribution in [1.29, 1.82) is 5.26 Å². The molecule has 11 heteroatoms. The fourth-order valence-electron chi connectivity index (χ4n) is 4.32. The van der Waals surface area contributed by atoms with Crippen LogP contribution in [-0.4, -0.2) is 68.5 Å². The predicted molar refractivity (Wildman–Crippen MR) is 146 cm³/mol. The van der Waals surface area contributed by atoms with Crippen molar-refractivity contribution >= 4 is 40.4 Å². The van der Waals surface area contributed by atoms with E-state index < -0.39 is 5.60 Å². The Hall–Kier alpha value is -3.52. The summed E-state index contributed by atoms with van der Waals surface area (Å²) >= 11 is 1.45. The Morgan fingerprint density at radius 2 is 1.92 bits per heavy atom. The molecule has 0 spiro atoms. The number of amides is 1. The molecule has 0 bridgehead atoms. The van der Waals surface area contributed by atoms with Gasteiger partial charge in [0.05, 0.1) is 34.7 Å². The average molecular weight is 523 g/mol. The monoisotopic (exact) mass is 522 g/mol. The number of aryl methyl sites for hydroxylation is 2. The van der Waals surface area contributed by atoms with Gasteiger partial charge in [0.15, 0.2) is 5.16 Å². The molecular formula is C26H34N8O2S. The van der Waals surface area contributed by atoms with Crippen molar-refractivity contribution in [3.63, 3.8) is 0 Å². The molecule has 0 unspecified atom stereocenters. The summed E-state index contributed by atoms with van der Waals surface area (Å²) in [5, 5.41) is 13.8. The molecule has 1 fully saturated rings. The van der Waals surface area contributed by atoms with E-state index in [1.165, 1.54) is 11.8 Å². The number of piperazine rings is 1. The topological polar surface area (TPSA) is 112 Å². The highest BCUT2D eigenvalue weighted by molar-refractivity contribution is 7.98. The molecule has 0 saturated carbocycles. The second-order valence-electron chi connectivity index (χ2n) is 9.94. The van der Waals surface area contributed by atoms with E-state index in [1.807, 2.05) is 53.3 Å². The van der Waals surface area contributed by atoms with E-state index in [1.54, 1.807) is 4.90 Å². The number of aromatic nitrogens is 4. The first-order valence-corrected chi connectivity index (χ1v) is 13.6. The van der Waals surface area contributed by atoms with E-state index in [0.29, 0.717) is 55.7 Å². The molecule has 0 aromatic carbocycles. The Labute approximate surface area is 222 Å². The molecular weight excluding hydrogens is 488 g/mol. The second-order valence-corrected chi connectivity index (χ2v) is 10.7. The van der Waals surface area contributed by atoms with Gasteiger partial charge < -0.3 is 24.4 Å². The van der Waals surface area contributed by atoms with E-state index in [0.717, 1.165) is 28.1 Å². The van der Waals surface area contributed by atoms with E-state index in [-0.39, 0.29) is 6.09 Å². The molecule has 37 heavy (non-hydrogen) atoms. The number of nitriles is 1. The first-order chi connectivity index (χ1) is 17.6. The number of nitrogens with zero attached hydrogens (tertiary/aromatic N) is 7. The van der Waals surface area contributed by atoms with Crippen LogP contribution in [0.5, 0.6) is 0 Å². The third-order valence-electron chi connectivity index (χ3n) is 6.21. The lowest BCUT2D eigenvalue weighted by Gasteiger charge is -2.37. The number of ether oxygens (including phenoxy) is 1. The van der Waals surface area contributed by atoms with Crippen LogP contribution in [0.4, 0.5) is 16.3 Å². The van der Waals surface area contributed by atoms with Gasteiger partial charge in [0.1, 0.15) is 23.1 Å². The zero-order chi connectivity index (χ0) is 26.7. The van der Waals surface area contributed by atoms with Crippen LogP contribution < -0.4 is 10.2 Å². The molecule has 1 saturated heterocycles. The van der Waals surface area contributed by atoms with Gasteiger partial charge in [0, 0.05) is 39.4 Å². The van der Waals surface area contributed by atoms with E-state index in [9.17, 15) is 10.1 Å². The van der Waals surface area contributed by atoms with Crippen molar-refractivity contribution in [2.24, 2.45) is 7.05 Å². The molecule has 1 N–H and O–H groups in total. The Balaban J connectivity index is 1.60. The van der Waals surface area contributed by atoms with Crippen molar-refractivity contribution in [1.82, 2.24) is 24.4 Å². The minimum absolute atomic E-state index is 0.283. The van der Waals surface area contributed by atoms with Gasteiger partial charge in [-0.2, -0.15) is 5.26 Å². The number of hydrogen-bond donors (Lipinski definition) is 1. The van der Waals surface area contributed by atoms with E-state index in [4.69, 9.17) is 9.72 Å². The van der Waals surface area contributed by atoms with Crippen LogP contribution in [0.25, 0.3) is 11.0 Å². The van der Waals surface area contributed by atoms with Gasteiger partial charge in [0.25, 0.3) is 0 Å². The van der Waals surface area contributed by atoms with Crippen LogP contribution in [0, 0.1) is 11.3 Å². The smallest absolute Gasteiger partial charge is 0.410 e. The minimum Gasteiger partial charge on any atom is -0.444 e. The van der Waals surface area contributed by atoms with Crippen LogP contribution in [0.2, 0.25) is 0 Å². The predicted octanol–water partition coefficient (Wildman–Crippen LogP) is 4.19. The Kier molecular flexibility index (Phi) is 7.78. The van der Waals surface area contributed by atoms with Gasteiger partial charge in [-0.3, -0.25) is 0 Å². The van der Waals surface area contributed by atoms with Crippen molar-refractivity contribution in [3.8, 4) is 6.07 Å². The Morgan fingerprint density at radius 1 is 1.19 bits per heavy atom. The van der Waals surface area contributed by atoms with Crippen molar-refractivity contribution in [2.75, 3.05) is 42.7 Å². The molecule has 3 aromatic rings. The highest BCUT2D eigenvalue weighted by Crippen LogP contribution is 2.28. The summed E-state index contributed by atoms with van der Waals surface area (Å²) in [6.07, 6.45) is 4.28. The first kappa shape index (κ1) is 26.5. The summed E-state index contributed by atoms with van der Waals surface area (Å²) in [5.74, 6) is 0.523. The van der Waals surface area contributed by atoms with Crippen LogP contribution in [-0.2, 0) is 24.8 Å². The summed E-state index contributed by atoms with van der Waals surface area (Å²) in [5.41, 5.74) is 4.47. The zero-order valence-corrected chi connectivity index (χ0v) is 23.1. The van der Waals surface area contributed by atoms with Crippen LogP contribution >= 0.6 is 11.8 Å². The van der Waals surface area contributed by atoms with E-state index in [2.05, 4.69) is 36.9 Å². The Bertz CT molecular complexity index is 1330. The highest BCUT2D eigenvalue weighted by Gasteiger charge is 2.27. The lowest BCUT2D eigenvalue weighted by molar-refractivity contribution is 0.0240. The molecule has 3 aromatic heterocycles. The number of fused-ring (bicyclic) bond motifs is 1.